The van der Waals surface area contributed by atoms with Gasteiger partial charge in [-0.15, -0.1) is 10.2 Å². The van der Waals surface area contributed by atoms with E-state index in [1.165, 1.54) is 0 Å². The molecule has 1 atom stereocenters. The van der Waals surface area contributed by atoms with E-state index in [4.69, 9.17) is 4.74 Å². The average molecular weight is 484 g/mol. The fraction of sp³-hybridized carbons (Fsp3) is 0.591. The summed E-state index contributed by atoms with van der Waals surface area (Å²) >= 11 is 1.12. The minimum Gasteiger partial charge on any atom is -0.378 e. The van der Waals surface area contributed by atoms with Gasteiger partial charge in [0.25, 0.3) is 0 Å². The molecule has 7 nitrogen and oxygen atoms in total. The molecule has 180 valence electrons. The summed E-state index contributed by atoms with van der Waals surface area (Å²) < 4.78 is 46.8. The maximum atomic E-state index is 13.2. The van der Waals surface area contributed by atoms with E-state index in [-0.39, 0.29) is 11.7 Å². The summed E-state index contributed by atoms with van der Waals surface area (Å²) in [7, 11) is 0. The fourth-order valence-corrected chi connectivity index (χ4v) is 4.77. The van der Waals surface area contributed by atoms with Gasteiger partial charge in [0, 0.05) is 19.1 Å². The van der Waals surface area contributed by atoms with Crippen LogP contribution >= 0.6 is 11.8 Å². The maximum Gasteiger partial charge on any atom is 0.406 e. The number of morpholine rings is 1. The van der Waals surface area contributed by atoms with Crippen molar-refractivity contribution in [2.45, 2.75) is 44.1 Å². The number of thioether (sulfide) groups is 1. The summed E-state index contributed by atoms with van der Waals surface area (Å²) in [6, 6.07) is 7.40. The third-order valence-electron chi connectivity index (χ3n) is 5.99. The van der Waals surface area contributed by atoms with Gasteiger partial charge in [0.05, 0.1) is 24.7 Å². The molecular weight excluding hydrogens is 455 g/mol. The molecule has 0 radical (unpaired) electrons. The molecule has 1 aromatic carbocycles. The average Bonchev–Trinajstić information content (AvgIpc) is 3.55. The Kier molecular flexibility index (Phi) is 7.18. The Morgan fingerprint density at radius 3 is 2.48 bits per heavy atom. The van der Waals surface area contributed by atoms with Crippen molar-refractivity contribution in [3.05, 3.63) is 29.8 Å². The third kappa shape index (κ3) is 6.00. The molecule has 0 unspecified atom stereocenters. The van der Waals surface area contributed by atoms with Crippen molar-refractivity contribution >= 4 is 23.6 Å². The number of carbonyl (C=O) groups is 1. The Bertz CT molecular complexity index is 956. The molecule has 1 saturated heterocycles. The lowest BCUT2D eigenvalue weighted by Gasteiger charge is -2.30. The SMILES string of the molecule is Cc1ccc(-n2c(SCC(=O)N(CC(F)(F)F)[C@H](C)C3CC3)nnc2N2CCOCC2)cc1. The van der Waals surface area contributed by atoms with Crippen LogP contribution in [0.1, 0.15) is 25.3 Å². The predicted molar refractivity (Wildman–Crippen MR) is 120 cm³/mol. The normalized spacial score (nSPS) is 17.8. The molecule has 33 heavy (non-hydrogen) atoms. The van der Waals surface area contributed by atoms with Crippen LogP contribution in [0, 0.1) is 12.8 Å². The number of benzene rings is 1. The maximum absolute atomic E-state index is 13.2. The number of aromatic nitrogens is 3. The van der Waals surface area contributed by atoms with E-state index < -0.39 is 24.7 Å². The van der Waals surface area contributed by atoms with Gasteiger partial charge in [-0.3, -0.25) is 9.36 Å². The van der Waals surface area contributed by atoms with Gasteiger partial charge in [-0.05, 0) is 44.7 Å². The molecule has 0 bridgehead atoms. The van der Waals surface area contributed by atoms with Gasteiger partial charge < -0.3 is 14.5 Å². The van der Waals surface area contributed by atoms with Crippen LogP contribution in [-0.4, -0.2) is 76.4 Å². The van der Waals surface area contributed by atoms with Crippen LogP contribution in [0.5, 0.6) is 0 Å². The highest BCUT2D eigenvalue weighted by atomic mass is 32.2. The lowest BCUT2D eigenvalue weighted by molar-refractivity contribution is -0.164. The largest absolute Gasteiger partial charge is 0.406 e. The van der Waals surface area contributed by atoms with Crippen LogP contribution in [-0.2, 0) is 9.53 Å². The molecule has 4 rings (SSSR count). The van der Waals surface area contributed by atoms with E-state index in [1.54, 1.807) is 6.92 Å². The van der Waals surface area contributed by atoms with Gasteiger partial charge in [0.1, 0.15) is 6.54 Å². The number of halogens is 3. The Hall–Kier alpha value is -2.27. The number of aryl methyl sites for hydroxylation is 1. The Balaban J connectivity index is 1.56. The second-order valence-corrected chi connectivity index (χ2v) is 9.50. The smallest absolute Gasteiger partial charge is 0.378 e. The van der Waals surface area contributed by atoms with Crippen molar-refractivity contribution in [2.75, 3.05) is 43.5 Å². The first-order chi connectivity index (χ1) is 15.7. The van der Waals surface area contributed by atoms with Crippen LogP contribution in [0.25, 0.3) is 5.69 Å². The second-order valence-electron chi connectivity index (χ2n) is 8.56. The number of nitrogens with zero attached hydrogens (tertiary/aromatic N) is 5. The van der Waals surface area contributed by atoms with Crippen LogP contribution in [0.3, 0.4) is 0 Å². The molecule has 2 fully saturated rings. The first kappa shape index (κ1) is 23.9. The van der Waals surface area contributed by atoms with E-state index in [2.05, 4.69) is 15.1 Å². The number of carbonyl (C=O) groups excluding carboxylic acids is 1. The van der Waals surface area contributed by atoms with E-state index in [0.717, 1.165) is 40.8 Å². The summed E-state index contributed by atoms with van der Waals surface area (Å²) in [5.74, 6) is 0.101. The number of hydrogen-bond acceptors (Lipinski definition) is 6. The van der Waals surface area contributed by atoms with Gasteiger partial charge in [-0.2, -0.15) is 13.2 Å². The standard InChI is InChI=1S/C22H28F3N5O2S/c1-15-3-7-18(8-4-15)30-20(28-9-11-32-12-10-28)26-27-21(30)33-13-19(31)29(14-22(23,24)25)16(2)17-5-6-17/h3-4,7-8,16-17H,5-6,9-14H2,1-2H3/t16-/m1/s1. The molecule has 1 aliphatic carbocycles. The summed E-state index contributed by atoms with van der Waals surface area (Å²) in [6.07, 6.45) is -2.71. The number of anilines is 1. The summed E-state index contributed by atoms with van der Waals surface area (Å²) in [6.45, 7) is 4.94. The fourth-order valence-electron chi connectivity index (χ4n) is 3.94. The second kappa shape index (κ2) is 9.92. The van der Waals surface area contributed by atoms with E-state index in [9.17, 15) is 18.0 Å². The molecule has 11 heteroatoms. The zero-order valence-electron chi connectivity index (χ0n) is 18.7. The number of rotatable bonds is 8. The Morgan fingerprint density at radius 1 is 1.21 bits per heavy atom. The van der Waals surface area contributed by atoms with Crippen molar-refractivity contribution < 1.29 is 22.7 Å². The van der Waals surface area contributed by atoms with Gasteiger partial charge in [0.2, 0.25) is 11.9 Å². The molecular formula is C22H28F3N5O2S. The minimum absolute atomic E-state index is 0.139. The lowest BCUT2D eigenvalue weighted by Crippen LogP contribution is -2.46. The number of alkyl halides is 3. The third-order valence-corrected chi connectivity index (χ3v) is 6.91. The first-order valence-corrected chi connectivity index (χ1v) is 12.1. The monoisotopic (exact) mass is 483 g/mol. The minimum atomic E-state index is -4.44. The molecule has 2 aromatic rings. The van der Waals surface area contributed by atoms with Gasteiger partial charge in [-0.1, -0.05) is 29.5 Å². The number of amides is 1. The summed E-state index contributed by atoms with van der Waals surface area (Å²) in [5.41, 5.74) is 1.93. The van der Waals surface area contributed by atoms with Crippen molar-refractivity contribution in [3.8, 4) is 5.69 Å². The molecule has 1 aliphatic heterocycles. The van der Waals surface area contributed by atoms with Gasteiger partial charge >= 0.3 is 6.18 Å². The predicted octanol–water partition coefficient (Wildman–Crippen LogP) is 3.69. The molecule has 1 amide bonds. The zero-order valence-corrected chi connectivity index (χ0v) is 19.5. The topological polar surface area (TPSA) is 63.5 Å². The zero-order chi connectivity index (χ0) is 23.6. The summed E-state index contributed by atoms with van der Waals surface area (Å²) in [5, 5.41) is 9.11. The highest BCUT2D eigenvalue weighted by Gasteiger charge is 2.40. The van der Waals surface area contributed by atoms with Crippen molar-refractivity contribution in [1.29, 1.82) is 0 Å². The Morgan fingerprint density at radius 2 is 1.88 bits per heavy atom. The summed E-state index contributed by atoms with van der Waals surface area (Å²) in [4.78, 5) is 15.9. The lowest BCUT2D eigenvalue weighted by atomic mass is 10.2. The van der Waals surface area contributed by atoms with Gasteiger partial charge in [0.15, 0.2) is 5.16 Å². The number of ether oxygens (including phenoxy) is 1. The van der Waals surface area contributed by atoms with E-state index in [0.29, 0.717) is 37.4 Å². The van der Waals surface area contributed by atoms with Gasteiger partial charge in [-0.25, -0.2) is 0 Å². The van der Waals surface area contributed by atoms with Crippen molar-refractivity contribution in [1.82, 2.24) is 19.7 Å². The van der Waals surface area contributed by atoms with Crippen LogP contribution < -0.4 is 4.90 Å². The number of hydrogen-bond donors (Lipinski definition) is 0. The van der Waals surface area contributed by atoms with Crippen molar-refractivity contribution in [3.63, 3.8) is 0 Å². The highest BCUT2D eigenvalue weighted by Crippen LogP contribution is 2.37. The van der Waals surface area contributed by atoms with Crippen LogP contribution in [0.2, 0.25) is 0 Å². The first-order valence-electron chi connectivity index (χ1n) is 11.1. The molecule has 2 aliphatic rings. The molecule has 1 aromatic heterocycles. The molecule has 0 N–H and O–H groups in total. The molecule has 1 saturated carbocycles. The van der Waals surface area contributed by atoms with Crippen LogP contribution in [0.15, 0.2) is 29.4 Å². The highest BCUT2D eigenvalue weighted by molar-refractivity contribution is 7.99. The molecule has 2 heterocycles. The van der Waals surface area contributed by atoms with E-state index >= 15 is 0 Å². The van der Waals surface area contributed by atoms with Crippen molar-refractivity contribution in [2.24, 2.45) is 5.92 Å². The molecule has 0 spiro atoms. The van der Waals surface area contributed by atoms with E-state index in [1.807, 2.05) is 35.8 Å². The van der Waals surface area contributed by atoms with Crippen LogP contribution in [0.4, 0.5) is 19.1 Å². The quantitative estimate of drug-likeness (QED) is 0.534. The Labute approximate surface area is 195 Å².